The molecular weight excluding hydrogens is 236 g/mol. The largest absolute Gasteiger partial charge is 0.355 e. The van der Waals surface area contributed by atoms with E-state index in [4.69, 9.17) is 5.73 Å². The molecule has 0 aromatic rings. The lowest BCUT2D eigenvalue weighted by molar-refractivity contribution is -0.132. The Morgan fingerprint density at radius 1 is 1.21 bits per heavy atom. The average molecular weight is 264 g/mol. The second kappa shape index (κ2) is 7.09. The van der Waals surface area contributed by atoms with E-state index in [0.29, 0.717) is 6.54 Å². The molecule has 0 atom stereocenters. The van der Waals surface area contributed by atoms with Crippen LogP contribution in [0.2, 0.25) is 0 Å². The molecule has 19 heavy (non-hydrogen) atoms. The van der Waals surface area contributed by atoms with Crippen molar-refractivity contribution < 1.29 is 4.79 Å². The molecule has 3 nitrogen and oxygen atoms in total. The number of carbonyl (C=O) groups excluding carboxylic acids is 1. The van der Waals surface area contributed by atoms with Crippen LogP contribution in [0.4, 0.5) is 0 Å². The van der Waals surface area contributed by atoms with Gasteiger partial charge in [-0.2, -0.15) is 0 Å². The molecule has 3 N–H and O–H groups in total. The molecule has 0 bridgehead atoms. The van der Waals surface area contributed by atoms with Crippen LogP contribution >= 0.6 is 0 Å². The van der Waals surface area contributed by atoms with Gasteiger partial charge >= 0.3 is 0 Å². The molecule has 1 fully saturated rings. The van der Waals surface area contributed by atoms with Gasteiger partial charge in [0.15, 0.2) is 0 Å². The van der Waals surface area contributed by atoms with Crippen molar-refractivity contribution in [2.24, 2.45) is 11.1 Å². The molecule has 1 saturated carbocycles. The zero-order valence-corrected chi connectivity index (χ0v) is 12.0. The molecule has 2 aliphatic carbocycles. The van der Waals surface area contributed by atoms with Crippen molar-refractivity contribution in [3.05, 3.63) is 11.6 Å². The first kappa shape index (κ1) is 14.6. The van der Waals surface area contributed by atoms with Crippen LogP contribution in [0.1, 0.15) is 64.2 Å². The van der Waals surface area contributed by atoms with Crippen LogP contribution in [-0.2, 0) is 4.79 Å². The molecule has 0 aromatic carbocycles. The summed E-state index contributed by atoms with van der Waals surface area (Å²) in [5.74, 6) is 0.200. The summed E-state index contributed by atoms with van der Waals surface area (Å²) in [5.41, 5.74) is 7.14. The number of hydrogen-bond acceptors (Lipinski definition) is 2. The van der Waals surface area contributed by atoms with Crippen molar-refractivity contribution in [3.63, 3.8) is 0 Å². The Balaban J connectivity index is 1.77. The molecule has 1 amide bonds. The first-order valence-corrected chi connectivity index (χ1v) is 7.93. The fourth-order valence-corrected chi connectivity index (χ4v) is 3.41. The van der Waals surface area contributed by atoms with Gasteiger partial charge in [-0.1, -0.05) is 30.9 Å². The molecular formula is C16H28N2O. The van der Waals surface area contributed by atoms with E-state index in [1.807, 2.05) is 0 Å². The summed E-state index contributed by atoms with van der Waals surface area (Å²) < 4.78 is 0. The summed E-state index contributed by atoms with van der Waals surface area (Å²) in [6.07, 6.45) is 13.9. The minimum absolute atomic E-state index is 0.200. The van der Waals surface area contributed by atoms with Crippen LogP contribution in [-0.4, -0.2) is 19.0 Å². The quantitative estimate of drug-likeness (QED) is 0.750. The molecule has 0 unspecified atom stereocenters. The van der Waals surface area contributed by atoms with Crippen LogP contribution in [0, 0.1) is 5.41 Å². The highest BCUT2D eigenvalue weighted by molar-refractivity contribution is 5.83. The minimum Gasteiger partial charge on any atom is -0.355 e. The number of rotatable bonds is 5. The number of hydrogen-bond donors (Lipinski definition) is 2. The van der Waals surface area contributed by atoms with Gasteiger partial charge < -0.3 is 11.1 Å². The molecule has 2 rings (SSSR count). The highest BCUT2D eigenvalue weighted by Gasteiger charge is 2.37. The van der Waals surface area contributed by atoms with E-state index < -0.39 is 0 Å². The second-order valence-corrected chi connectivity index (χ2v) is 6.16. The Hall–Kier alpha value is -0.830. The van der Waals surface area contributed by atoms with Crippen LogP contribution in [0.15, 0.2) is 11.6 Å². The lowest BCUT2D eigenvalue weighted by atomic mass is 9.73. The summed E-state index contributed by atoms with van der Waals surface area (Å²) in [4.78, 5) is 12.4. The molecule has 0 aromatic heterocycles. The fourth-order valence-electron chi connectivity index (χ4n) is 3.41. The third kappa shape index (κ3) is 3.82. The van der Waals surface area contributed by atoms with Crippen molar-refractivity contribution in [2.45, 2.75) is 64.2 Å². The maximum absolute atomic E-state index is 12.4. The number of nitrogens with two attached hydrogens (primary N) is 1. The van der Waals surface area contributed by atoms with E-state index in [1.54, 1.807) is 0 Å². The lowest BCUT2D eigenvalue weighted by Gasteiger charge is -2.34. The van der Waals surface area contributed by atoms with E-state index in [-0.39, 0.29) is 11.3 Å². The standard InChI is InChI=1S/C16H28N2O/c17-13-16(10-5-2-6-11-16)15(19)18-12-9-14-7-3-1-4-8-14/h7H,1-6,8-13,17H2,(H,18,19). The van der Waals surface area contributed by atoms with E-state index in [2.05, 4.69) is 11.4 Å². The summed E-state index contributed by atoms with van der Waals surface area (Å²) in [7, 11) is 0. The summed E-state index contributed by atoms with van der Waals surface area (Å²) >= 11 is 0. The van der Waals surface area contributed by atoms with Crippen molar-refractivity contribution >= 4 is 5.91 Å². The molecule has 108 valence electrons. The van der Waals surface area contributed by atoms with Crippen molar-refractivity contribution in [3.8, 4) is 0 Å². The number of allylic oxidation sites excluding steroid dienone is 1. The zero-order chi connectivity index (χ0) is 13.6. The maximum Gasteiger partial charge on any atom is 0.227 e. The van der Waals surface area contributed by atoms with E-state index in [1.165, 1.54) is 37.7 Å². The van der Waals surface area contributed by atoms with E-state index in [0.717, 1.165) is 38.6 Å². The van der Waals surface area contributed by atoms with Crippen molar-refractivity contribution in [1.82, 2.24) is 5.32 Å². The zero-order valence-electron chi connectivity index (χ0n) is 12.0. The normalized spacial score (nSPS) is 22.7. The molecule has 0 saturated heterocycles. The lowest BCUT2D eigenvalue weighted by Crippen LogP contribution is -2.47. The van der Waals surface area contributed by atoms with Gasteiger partial charge in [-0.15, -0.1) is 0 Å². The third-order valence-electron chi connectivity index (χ3n) is 4.80. The smallest absolute Gasteiger partial charge is 0.227 e. The topological polar surface area (TPSA) is 55.1 Å². The van der Waals surface area contributed by atoms with Gasteiger partial charge in [0.1, 0.15) is 0 Å². The molecule has 2 aliphatic rings. The van der Waals surface area contributed by atoms with Crippen molar-refractivity contribution in [1.29, 1.82) is 0 Å². The molecule has 0 aliphatic heterocycles. The highest BCUT2D eigenvalue weighted by atomic mass is 16.2. The minimum atomic E-state index is -0.265. The summed E-state index contributed by atoms with van der Waals surface area (Å²) in [5, 5.41) is 3.13. The second-order valence-electron chi connectivity index (χ2n) is 6.16. The molecule has 0 radical (unpaired) electrons. The van der Waals surface area contributed by atoms with Crippen LogP contribution in [0.25, 0.3) is 0 Å². The first-order valence-electron chi connectivity index (χ1n) is 7.93. The number of carbonyl (C=O) groups is 1. The summed E-state index contributed by atoms with van der Waals surface area (Å²) in [6.45, 7) is 1.29. The Morgan fingerprint density at radius 2 is 2.00 bits per heavy atom. The average Bonchev–Trinajstić information content (AvgIpc) is 2.49. The van der Waals surface area contributed by atoms with E-state index in [9.17, 15) is 4.79 Å². The van der Waals surface area contributed by atoms with Gasteiger partial charge in [-0.05, 0) is 44.9 Å². The third-order valence-corrected chi connectivity index (χ3v) is 4.80. The Labute approximate surface area is 117 Å². The molecule has 0 heterocycles. The first-order chi connectivity index (χ1) is 9.27. The van der Waals surface area contributed by atoms with Gasteiger partial charge in [0, 0.05) is 13.1 Å². The predicted octanol–water partition coefficient (Wildman–Crippen LogP) is 2.90. The Bertz CT molecular complexity index is 330. The van der Waals surface area contributed by atoms with Crippen molar-refractivity contribution in [2.75, 3.05) is 13.1 Å². The Kier molecular flexibility index (Phi) is 5.44. The monoisotopic (exact) mass is 264 g/mol. The van der Waals surface area contributed by atoms with Gasteiger partial charge in [0.25, 0.3) is 0 Å². The number of amides is 1. The molecule has 3 heteroatoms. The number of nitrogens with one attached hydrogen (secondary N) is 1. The van der Waals surface area contributed by atoms with Crippen LogP contribution < -0.4 is 11.1 Å². The van der Waals surface area contributed by atoms with Crippen LogP contribution in [0.3, 0.4) is 0 Å². The SMILES string of the molecule is NCC1(C(=O)NCCC2=CCCCC2)CCCCC1. The fraction of sp³-hybridized carbons (Fsp3) is 0.812. The predicted molar refractivity (Wildman–Crippen MR) is 78.8 cm³/mol. The Morgan fingerprint density at radius 3 is 2.63 bits per heavy atom. The maximum atomic E-state index is 12.4. The van der Waals surface area contributed by atoms with Gasteiger partial charge in [-0.3, -0.25) is 4.79 Å². The highest BCUT2D eigenvalue weighted by Crippen LogP contribution is 2.35. The van der Waals surface area contributed by atoms with E-state index >= 15 is 0 Å². The van der Waals surface area contributed by atoms with Gasteiger partial charge in [-0.25, -0.2) is 0 Å². The van der Waals surface area contributed by atoms with Crippen LogP contribution in [0.5, 0.6) is 0 Å². The van der Waals surface area contributed by atoms with Gasteiger partial charge in [0.05, 0.1) is 5.41 Å². The molecule has 0 spiro atoms. The van der Waals surface area contributed by atoms with Gasteiger partial charge in [0.2, 0.25) is 5.91 Å². The summed E-state index contributed by atoms with van der Waals surface area (Å²) in [6, 6.07) is 0.